The Morgan fingerprint density at radius 1 is 1.27 bits per heavy atom. The fraction of sp³-hybridized carbons (Fsp3) is 0.500. The molecule has 1 aromatic carbocycles. The molecule has 0 spiro atoms. The summed E-state index contributed by atoms with van der Waals surface area (Å²) in [5.74, 6) is -1.17. The molecule has 6 heteroatoms. The number of carbonyl (C=O) groups is 2. The van der Waals surface area contributed by atoms with E-state index in [1.54, 1.807) is 20.8 Å². The van der Waals surface area contributed by atoms with Gasteiger partial charge in [0, 0.05) is 0 Å². The van der Waals surface area contributed by atoms with Crippen LogP contribution in [0.2, 0.25) is 0 Å². The number of carboxylic acids is 1. The van der Waals surface area contributed by atoms with Crippen molar-refractivity contribution in [3.63, 3.8) is 0 Å². The van der Waals surface area contributed by atoms with E-state index in [9.17, 15) is 9.59 Å². The van der Waals surface area contributed by atoms with Gasteiger partial charge in [0.2, 0.25) is 0 Å². The molecule has 6 nitrogen and oxygen atoms in total. The summed E-state index contributed by atoms with van der Waals surface area (Å²) in [5, 5.41) is 11.4. The molecule has 2 N–H and O–H groups in total. The normalized spacial score (nSPS) is 12.5. The van der Waals surface area contributed by atoms with E-state index in [-0.39, 0.29) is 13.2 Å². The first-order valence-corrected chi connectivity index (χ1v) is 7.03. The summed E-state index contributed by atoms with van der Waals surface area (Å²) in [7, 11) is 0. The van der Waals surface area contributed by atoms with E-state index in [0.29, 0.717) is 0 Å². The van der Waals surface area contributed by atoms with Crippen molar-refractivity contribution in [3.05, 3.63) is 35.4 Å². The van der Waals surface area contributed by atoms with Crippen LogP contribution in [-0.4, -0.2) is 35.4 Å². The molecule has 122 valence electrons. The van der Waals surface area contributed by atoms with Crippen LogP contribution in [0.4, 0.5) is 4.79 Å². The summed E-state index contributed by atoms with van der Waals surface area (Å²) in [6, 6.07) is 6.51. The summed E-state index contributed by atoms with van der Waals surface area (Å²) in [6.07, 6.45) is -0.778. The predicted molar refractivity (Wildman–Crippen MR) is 81.6 cm³/mol. The standard InChI is InChI=1S/C16H23NO5/c1-11-7-5-6-8-12(11)9-21-10-13(14(18)19)17-15(20)22-16(2,3)4/h5-8,13H,9-10H2,1-4H3,(H,17,20)(H,18,19)/t13-/m1/s1. The van der Waals surface area contributed by atoms with Crippen molar-refractivity contribution in [2.45, 2.75) is 45.9 Å². The number of carboxylic acid groups (broad SMARTS) is 1. The Morgan fingerprint density at radius 3 is 2.45 bits per heavy atom. The molecule has 0 aromatic heterocycles. The van der Waals surface area contributed by atoms with Crippen molar-refractivity contribution in [2.24, 2.45) is 0 Å². The first-order valence-electron chi connectivity index (χ1n) is 7.03. The second-order valence-corrected chi connectivity index (χ2v) is 5.98. The highest BCUT2D eigenvalue weighted by Crippen LogP contribution is 2.09. The molecule has 0 heterocycles. The van der Waals surface area contributed by atoms with Crippen molar-refractivity contribution < 1.29 is 24.2 Å². The SMILES string of the molecule is Cc1ccccc1COC[C@@H](NC(=O)OC(C)(C)C)C(=O)O. The Balaban J connectivity index is 2.50. The van der Waals surface area contributed by atoms with Crippen LogP contribution in [0.25, 0.3) is 0 Å². The van der Waals surface area contributed by atoms with Gasteiger partial charge < -0.3 is 19.9 Å². The summed E-state index contributed by atoms with van der Waals surface area (Å²) >= 11 is 0. The number of amides is 1. The molecule has 0 aliphatic carbocycles. The first-order chi connectivity index (χ1) is 10.2. The smallest absolute Gasteiger partial charge is 0.408 e. The van der Waals surface area contributed by atoms with E-state index in [1.165, 1.54) is 0 Å². The zero-order valence-corrected chi connectivity index (χ0v) is 13.4. The molecule has 22 heavy (non-hydrogen) atoms. The van der Waals surface area contributed by atoms with Gasteiger partial charge in [-0.2, -0.15) is 0 Å². The molecule has 0 radical (unpaired) electrons. The lowest BCUT2D eigenvalue weighted by molar-refractivity contribution is -0.141. The van der Waals surface area contributed by atoms with E-state index in [2.05, 4.69) is 5.32 Å². The van der Waals surface area contributed by atoms with Gasteiger partial charge in [-0.05, 0) is 38.8 Å². The largest absolute Gasteiger partial charge is 0.480 e. The fourth-order valence-electron chi connectivity index (χ4n) is 1.68. The number of carbonyl (C=O) groups excluding carboxylic acids is 1. The van der Waals surface area contributed by atoms with Crippen LogP contribution in [0.1, 0.15) is 31.9 Å². The molecule has 0 saturated heterocycles. The average molecular weight is 309 g/mol. The van der Waals surface area contributed by atoms with Crippen molar-refractivity contribution in [1.29, 1.82) is 0 Å². The van der Waals surface area contributed by atoms with Crippen molar-refractivity contribution in [3.8, 4) is 0 Å². The second kappa shape index (κ2) is 7.79. The van der Waals surface area contributed by atoms with Crippen molar-refractivity contribution in [1.82, 2.24) is 5.32 Å². The van der Waals surface area contributed by atoms with Crippen LogP contribution in [0.15, 0.2) is 24.3 Å². The summed E-state index contributed by atoms with van der Waals surface area (Å²) in [4.78, 5) is 22.8. The van der Waals surface area contributed by atoms with Crippen molar-refractivity contribution >= 4 is 12.1 Å². The van der Waals surface area contributed by atoms with Gasteiger partial charge in [-0.1, -0.05) is 24.3 Å². The fourth-order valence-corrected chi connectivity index (χ4v) is 1.68. The molecular weight excluding hydrogens is 286 g/mol. The Hall–Kier alpha value is -2.08. The minimum atomic E-state index is -1.17. The van der Waals surface area contributed by atoms with E-state index < -0.39 is 23.7 Å². The van der Waals surface area contributed by atoms with Crippen LogP contribution in [0, 0.1) is 6.92 Å². The van der Waals surface area contributed by atoms with Gasteiger partial charge in [0.1, 0.15) is 5.60 Å². The van der Waals surface area contributed by atoms with Crippen LogP contribution >= 0.6 is 0 Å². The predicted octanol–water partition coefficient (Wildman–Crippen LogP) is 2.49. The van der Waals surface area contributed by atoms with E-state index in [0.717, 1.165) is 11.1 Å². The molecule has 0 aliphatic heterocycles. The van der Waals surface area contributed by atoms with Crippen molar-refractivity contribution in [2.75, 3.05) is 6.61 Å². The average Bonchev–Trinajstić information content (AvgIpc) is 2.37. The lowest BCUT2D eigenvalue weighted by Crippen LogP contribution is -2.46. The summed E-state index contributed by atoms with van der Waals surface area (Å²) < 4.78 is 10.4. The van der Waals surface area contributed by atoms with Gasteiger partial charge in [0.25, 0.3) is 0 Å². The maximum atomic E-state index is 11.6. The molecule has 0 bridgehead atoms. The zero-order chi connectivity index (χ0) is 16.8. The molecule has 0 fully saturated rings. The highest BCUT2D eigenvalue weighted by atomic mass is 16.6. The third-order valence-electron chi connectivity index (χ3n) is 2.79. The van der Waals surface area contributed by atoms with E-state index in [4.69, 9.17) is 14.6 Å². The van der Waals surface area contributed by atoms with Gasteiger partial charge in [0.15, 0.2) is 6.04 Å². The van der Waals surface area contributed by atoms with Crippen LogP contribution in [0.5, 0.6) is 0 Å². The van der Waals surface area contributed by atoms with E-state index >= 15 is 0 Å². The summed E-state index contributed by atoms with van der Waals surface area (Å²) in [6.45, 7) is 7.22. The number of benzene rings is 1. The number of hydrogen-bond acceptors (Lipinski definition) is 4. The topological polar surface area (TPSA) is 84.9 Å². The highest BCUT2D eigenvalue weighted by Gasteiger charge is 2.24. The Labute approximate surface area is 130 Å². The number of alkyl carbamates (subject to hydrolysis) is 1. The maximum absolute atomic E-state index is 11.6. The number of aryl methyl sites for hydroxylation is 1. The zero-order valence-electron chi connectivity index (χ0n) is 13.4. The monoisotopic (exact) mass is 309 g/mol. The molecule has 1 amide bonds. The van der Waals surface area contributed by atoms with Crippen LogP contribution in [0.3, 0.4) is 0 Å². The molecule has 0 unspecified atom stereocenters. The lowest BCUT2D eigenvalue weighted by atomic mass is 10.1. The minimum absolute atomic E-state index is 0.136. The van der Waals surface area contributed by atoms with Gasteiger partial charge in [-0.25, -0.2) is 9.59 Å². The lowest BCUT2D eigenvalue weighted by Gasteiger charge is -2.22. The van der Waals surface area contributed by atoms with E-state index in [1.807, 2.05) is 31.2 Å². The molecule has 0 saturated carbocycles. The highest BCUT2D eigenvalue weighted by molar-refractivity contribution is 5.80. The quantitative estimate of drug-likeness (QED) is 0.843. The maximum Gasteiger partial charge on any atom is 0.408 e. The number of ether oxygens (including phenoxy) is 2. The third-order valence-corrected chi connectivity index (χ3v) is 2.79. The Kier molecular flexibility index (Phi) is 6.37. The number of aliphatic carboxylic acids is 1. The third kappa shape index (κ3) is 6.58. The van der Waals surface area contributed by atoms with Crippen LogP contribution < -0.4 is 5.32 Å². The Morgan fingerprint density at radius 2 is 1.91 bits per heavy atom. The first kappa shape index (κ1) is 18.0. The molecular formula is C16H23NO5. The molecule has 1 rings (SSSR count). The number of rotatable bonds is 6. The van der Waals surface area contributed by atoms with Gasteiger partial charge in [0.05, 0.1) is 13.2 Å². The molecule has 1 aromatic rings. The van der Waals surface area contributed by atoms with Crippen LogP contribution in [-0.2, 0) is 20.9 Å². The van der Waals surface area contributed by atoms with Gasteiger partial charge in [-0.3, -0.25) is 0 Å². The molecule has 1 atom stereocenters. The van der Waals surface area contributed by atoms with Gasteiger partial charge in [-0.15, -0.1) is 0 Å². The number of nitrogens with one attached hydrogen (secondary N) is 1. The van der Waals surface area contributed by atoms with Gasteiger partial charge >= 0.3 is 12.1 Å². The number of hydrogen-bond donors (Lipinski definition) is 2. The second-order valence-electron chi connectivity index (χ2n) is 5.98. The molecule has 0 aliphatic rings. The summed E-state index contributed by atoms with van der Waals surface area (Å²) in [5.41, 5.74) is 1.35. The minimum Gasteiger partial charge on any atom is -0.480 e. The Bertz CT molecular complexity index is 522.